The molecule has 0 saturated heterocycles. The summed E-state index contributed by atoms with van der Waals surface area (Å²) in [7, 11) is 3.92. The van der Waals surface area contributed by atoms with Gasteiger partial charge in [0.05, 0.1) is 23.3 Å². The summed E-state index contributed by atoms with van der Waals surface area (Å²) in [5.41, 5.74) is 3.92. The molecule has 0 spiro atoms. The topological polar surface area (TPSA) is 106 Å². The van der Waals surface area contributed by atoms with Crippen molar-refractivity contribution in [1.82, 2.24) is 24.4 Å². The highest BCUT2D eigenvalue weighted by molar-refractivity contribution is 5.97. The third-order valence-corrected chi connectivity index (χ3v) is 7.41. The molecule has 0 bridgehead atoms. The normalized spacial score (nSPS) is 13.1. The zero-order valence-electron chi connectivity index (χ0n) is 25.8. The predicted octanol–water partition coefficient (Wildman–Crippen LogP) is 4.72. The Morgan fingerprint density at radius 3 is 2.61 bits per heavy atom. The van der Waals surface area contributed by atoms with Gasteiger partial charge in [0.2, 0.25) is 5.88 Å². The number of para-hydroxylation sites is 1. The molecule has 1 amide bonds. The third-order valence-electron chi connectivity index (χ3n) is 7.41. The van der Waals surface area contributed by atoms with E-state index in [1.807, 2.05) is 79.3 Å². The van der Waals surface area contributed by atoms with Crippen LogP contribution in [0.25, 0.3) is 16.7 Å². The van der Waals surface area contributed by atoms with Gasteiger partial charge in [-0.3, -0.25) is 14.3 Å². The number of anilines is 3. The molecule has 0 radical (unpaired) electrons. The first kappa shape index (κ1) is 27.5. The van der Waals surface area contributed by atoms with E-state index in [0.717, 1.165) is 17.7 Å². The van der Waals surface area contributed by atoms with Crippen LogP contribution in [0.2, 0.25) is 0 Å². The standard InChI is InChI=1S/C33H33N7O4/c1-23-8-7-11-27-30(23)39(33(42)44-21-24-9-5-4-6-10-24)15-14-38(27)28-18-25-19-34-22-36-31(25)40(32(28)41)26-12-13-29(35-20-26)43-17-16-37(2)3/h4-13,18-20,22H,14-17,21H2,1-3H3/i22D. The number of amides is 1. The van der Waals surface area contributed by atoms with Crippen molar-refractivity contribution >= 4 is 34.2 Å². The molecule has 1 aliphatic heterocycles. The number of fused-ring (bicyclic) bond motifs is 2. The molecular weight excluding hydrogens is 558 g/mol. The van der Waals surface area contributed by atoms with E-state index in [2.05, 4.69) is 15.0 Å². The molecule has 5 aromatic rings. The number of nitrogens with zero attached hydrogens (tertiary/aromatic N) is 7. The molecule has 0 fully saturated rings. The zero-order chi connectivity index (χ0) is 31.5. The van der Waals surface area contributed by atoms with Crippen LogP contribution in [0.3, 0.4) is 0 Å². The molecule has 0 aliphatic carbocycles. The molecule has 1 aliphatic rings. The summed E-state index contributed by atoms with van der Waals surface area (Å²) in [4.78, 5) is 46.0. The maximum atomic E-state index is 14.3. The van der Waals surface area contributed by atoms with Crippen LogP contribution < -0.4 is 20.1 Å². The van der Waals surface area contributed by atoms with E-state index in [9.17, 15) is 9.59 Å². The molecule has 0 N–H and O–H groups in total. The van der Waals surface area contributed by atoms with E-state index in [0.29, 0.717) is 59.4 Å². The van der Waals surface area contributed by atoms with Crippen LogP contribution >= 0.6 is 0 Å². The van der Waals surface area contributed by atoms with Gasteiger partial charge in [0.15, 0.2) is 5.65 Å². The summed E-state index contributed by atoms with van der Waals surface area (Å²) in [6.45, 7) is 3.92. The van der Waals surface area contributed by atoms with Gasteiger partial charge in [-0.15, -0.1) is 0 Å². The Hall–Kier alpha value is -5.29. The number of aromatic nitrogens is 4. The number of carbonyl (C=O) groups is 1. The Labute approximate surface area is 256 Å². The number of rotatable bonds is 8. The minimum atomic E-state index is -0.458. The average molecular weight is 593 g/mol. The zero-order valence-corrected chi connectivity index (χ0v) is 24.8. The summed E-state index contributed by atoms with van der Waals surface area (Å²) >= 11 is 0. The Bertz CT molecular complexity index is 1900. The number of ether oxygens (including phenoxy) is 2. The second-order valence-electron chi connectivity index (χ2n) is 10.7. The van der Waals surface area contributed by atoms with E-state index in [1.54, 1.807) is 29.3 Å². The Morgan fingerprint density at radius 2 is 1.84 bits per heavy atom. The number of likely N-dealkylation sites (N-methyl/N-ethyl adjacent to an activating group) is 1. The lowest BCUT2D eigenvalue weighted by Gasteiger charge is -2.38. The fraction of sp³-hybridized carbons (Fsp3) is 0.242. The molecule has 44 heavy (non-hydrogen) atoms. The van der Waals surface area contributed by atoms with Gasteiger partial charge < -0.3 is 19.3 Å². The van der Waals surface area contributed by atoms with Gasteiger partial charge in [0.25, 0.3) is 5.56 Å². The summed E-state index contributed by atoms with van der Waals surface area (Å²) in [5, 5.41) is 0.575. The summed E-state index contributed by atoms with van der Waals surface area (Å²) in [6.07, 6.45) is 2.42. The van der Waals surface area contributed by atoms with Crippen LogP contribution in [-0.2, 0) is 11.3 Å². The van der Waals surface area contributed by atoms with Gasteiger partial charge in [-0.2, -0.15) is 0 Å². The van der Waals surface area contributed by atoms with Crippen LogP contribution in [0.15, 0.2) is 90.2 Å². The molecule has 0 unspecified atom stereocenters. The van der Waals surface area contributed by atoms with Gasteiger partial charge in [-0.05, 0) is 50.3 Å². The molecule has 6 rings (SSSR count). The number of hydrogen-bond acceptors (Lipinski definition) is 9. The van der Waals surface area contributed by atoms with E-state index in [4.69, 9.17) is 10.8 Å². The second kappa shape index (κ2) is 12.5. The quantitative estimate of drug-likeness (QED) is 0.253. The smallest absolute Gasteiger partial charge is 0.414 e. The largest absolute Gasteiger partial charge is 0.476 e. The molecule has 2 aromatic carbocycles. The van der Waals surface area contributed by atoms with Crippen molar-refractivity contribution in [1.29, 1.82) is 0 Å². The lowest BCUT2D eigenvalue weighted by atomic mass is 10.1. The summed E-state index contributed by atoms with van der Waals surface area (Å²) in [6, 6.07) is 20.4. The molecule has 4 heterocycles. The molecule has 3 aromatic heterocycles. The lowest BCUT2D eigenvalue weighted by molar-refractivity contribution is 0.147. The Kier molecular flexibility index (Phi) is 7.84. The SMILES string of the molecule is [2H]c1ncc2cc(N3CCN(C(=O)OCc4ccccc4)c4c(C)cccc43)c(=O)n(-c3ccc(OCCN(C)C)nc3)c2n1. The van der Waals surface area contributed by atoms with Crippen molar-refractivity contribution < 1.29 is 15.6 Å². The number of pyridine rings is 2. The third kappa shape index (κ3) is 5.82. The van der Waals surface area contributed by atoms with Crippen molar-refractivity contribution in [3.63, 3.8) is 0 Å². The Balaban J connectivity index is 1.38. The van der Waals surface area contributed by atoms with Gasteiger partial charge in [0, 0.05) is 37.3 Å². The first-order valence-corrected chi connectivity index (χ1v) is 14.3. The predicted molar refractivity (Wildman–Crippen MR) is 169 cm³/mol. The second-order valence-corrected chi connectivity index (χ2v) is 10.7. The van der Waals surface area contributed by atoms with Crippen molar-refractivity contribution in [3.8, 4) is 11.6 Å². The van der Waals surface area contributed by atoms with Crippen molar-refractivity contribution in [3.05, 3.63) is 107 Å². The van der Waals surface area contributed by atoms with Gasteiger partial charge >= 0.3 is 6.09 Å². The number of benzene rings is 2. The van der Waals surface area contributed by atoms with Crippen molar-refractivity contribution in [2.75, 3.05) is 50.1 Å². The number of aryl methyl sites for hydroxylation is 1. The Morgan fingerprint density at radius 1 is 1.00 bits per heavy atom. The van der Waals surface area contributed by atoms with E-state index in [1.165, 1.54) is 10.8 Å². The van der Waals surface area contributed by atoms with Crippen LogP contribution in [0.1, 0.15) is 12.5 Å². The van der Waals surface area contributed by atoms with E-state index in [-0.39, 0.29) is 18.5 Å². The number of hydrogen-bond donors (Lipinski definition) is 0. The highest BCUT2D eigenvalue weighted by atomic mass is 16.6. The first-order valence-electron chi connectivity index (χ1n) is 14.8. The molecular formula is C33H33N7O4. The van der Waals surface area contributed by atoms with E-state index < -0.39 is 6.09 Å². The van der Waals surface area contributed by atoms with Gasteiger partial charge in [-0.25, -0.2) is 19.7 Å². The lowest BCUT2D eigenvalue weighted by Crippen LogP contribution is -2.44. The highest BCUT2D eigenvalue weighted by Crippen LogP contribution is 2.40. The maximum Gasteiger partial charge on any atom is 0.414 e. The van der Waals surface area contributed by atoms with Crippen molar-refractivity contribution in [2.24, 2.45) is 0 Å². The van der Waals surface area contributed by atoms with Gasteiger partial charge in [-0.1, -0.05) is 42.5 Å². The summed E-state index contributed by atoms with van der Waals surface area (Å²) < 4.78 is 20.9. The molecule has 0 saturated carbocycles. The number of carbonyl (C=O) groups excluding carboxylic acids is 1. The highest BCUT2D eigenvalue weighted by Gasteiger charge is 2.32. The fourth-order valence-corrected chi connectivity index (χ4v) is 5.23. The molecule has 11 heteroatoms. The molecule has 11 nitrogen and oxygen atoms in total. The van der Waals surface area contributed by atoms with Crippen LogP contribution in [-0.4, -0.2) is 70.8 Å². The van der Waals surface area contributed by atoms with Crippen LogP contribution in [0, 0.1) is 6.92 Å². The fourth-order valence-electron chi connectivity index (χ4n) is 5.23. The summed E-state index contributed by atoms with van der Waals surface area (Å²) in [5.74, 6) is 0.435. The van der Waals surface area contributed by atoms with Crippen LogP contribution in [0.4, 0.5) is 21.9 Å². The maximum absolute atomic E-state index is 14.3. The minimum Gasteiger partial charge on any atom is -0.476 e. The minimum absolute atomic E-state index is 0.155. The molecule has 224 valence electrons. The van der Waals surface area contributed by atoms with Crippen LogP contribution in [0.5, 0.6) is 5.88 Å². The van der Waals surface area contributed by atoms with Gasteiger partial charge in [0.1, 0.15) is 26.6 Å². The average Bonchev–Trinajstić information content (AvgIpc) is 3.04. The van der Waals surface area contributed by atoms with Crippen molar-refractivity contribution in [2.45, 2.75) is 13.5 Å². The molecule has 0 atom stereocenters. The first-order chi connectivity index (χ1) is 21.8. The monoisotopic (exact) mass is 592 g/mol. The van der Waals surface area contributed by atoms with E-state index >= 15 is 0 Å².